The van der Waals surface area contributed by atoms with Gasteiger partial charge in [-0.05, 0) is 24.3 Å². The van der Waals surface area contributed by atoms with Crippen molar-refractivity contribution in [3.8, 4) is 11.4 Å². The highest BCUT2D eigenvalue weighted by atomic mass is 35.5. The lowest BCUT2D eigenvalue weighted by atomic mass is 10.2. The number of benzene rings is 1. The third-order valence-electron chi connectivity index (χ3n) is 3.09. The van der Waals surface area contributed by atoms with E-state index in [1.54, 1.807) is 18.3 Å². The zero-order valence-electron chi connectivity index (χ0n) is 10.7. The molecule has 0 amide bonds. The maximum atomic E-state index is 11.8. The molecule has 0 saturated carbocycles. The van der Waals surface area contributed by atoms with Crippen LogP contribution in [-0.4, -0.2) is 22.5 Å². The quantitative estimate of drug-likeness (QED) is 0.678. The molecule has 3 rings (SSSR count). The number of aromatic nitrogens is 2. The van der Waals surface area contributed by atoms with Crippen LogP contribution in [-0.2, 0) is 4.74 Å². The molecule has 0 atom stereocenters. The Morgan fingerprint density at radius 3 is 2.80 bits per heavy atom. The normalized spacial score (nSPS) is 10.7. The number of nitrogens with zero attached hydrogens (tertiary/aromatic N) is 2. The molecule has 2 aromatic heterocycles. The van der Waals surface area contributed by atoms with Gasteiger partial charge in [0.1, 0.15) is 5.82 Å². The molecule has 0 aliphatic rings. The standard InChI is InChI=1S/C15H11ClN2O2/c1-20-15(19)11-6-4-8-18-13(11)9-17-14(18)10-5-2-3-7-12(10)16/h2-9H,1H3. The highest BCUT2D eigenvalue weighted by Crippen LogP contribution is 2.28. The molecule has 0 saturated heterocycles. The third-order valence-corrected chi connectivity index (χ3v) is 3.42. The Morgan fingerprint density at radius 2 is 2.05 bits per heavy atom. The Labute approximate surface area is 120 Å². The average Bonchev–Trinajstić information content (AvgIpc) is 2.90. The van der Waals surface area contributed by atoms with Gasteiger partial charge in [0, 0.05) is 11.8 Å². The molecule has 0 radical (unpaired) electrons. The summed E-state index contributed by atoms with van der Waals surface area (Å²) in [4.78, 5) is 16.1. The Balaban J connectivity index is 2.26. The molecular formula is C15H11ClN2O2. The van der Waals surface area contributed by atoms with Gasteiger partial charge in [0.25, 0.3) is 0 Å². The molecule has 100 valence electrons. The Morgan fingerprint density at radius 1 is 1.25 bits per heavy atom. The van der Waals surface area contributed by atoms with Gasteiger partial charge in [0.15, 0.2) is 0 Å². The van der Waals surface area contributed by atoms with E-state index in [2.05, 4.69) is 4.98 Å². The van der Waals surface area contributed by atoms with Gasteiger partial charge in [0.05, 0.1) is 29.4 Å². The van der Waals surface area contributed by atoms with Gasteiger partial charge in [-0.2, -0.15) is 0 Å². The summed E-state index contributed by atoms with van der Waals surface area (Å²) in [6.45, 7) is 0. The molecule has 3 aromatic rings. The summed E-state index contributed by atoms with van der Waals surface area (Å²) in [5.74, 6) is 0.303. The van der Waals surface area contributed by atoms with Gasteiger partial charge in [-0.1, -0.05) is 23.7 Å². The molecule has 0 spiro atoms. The smallest absolute Gasteiger partial charge is 0.340 e. The SMILES string of the molecule is COC(=O)c1cccn2c(-c3ccccc3Cl)ncc12. The second kappa shape index (κ2) is 4.98. The minimum Gasteiger partial charge on any atom is -0.465 e. The first kappa shape index (κ1) is 12.7. The number of carbonyl (C=O) groups is 1. The van der Waals surface area contributed by atoms with Crippen LogP contribution in [0.1, 0.15) is 10.4 Å². The summed E-state index contributed by atoms with van der Waals surface area (Å²) < 4.78 is 6.60. The molecule has 4 nitrogen and oxygen atoms in total. The van der Waals surface area contributed by atoms with Crippen molar-refractivity contribution in [2.45, 2.75) is 0 Å². The van der Waals surface area contributed by atoms with Crippen LogP contribution in [0.15, 0.2) is 48.8 Å². The van der Waals surface area contributed by atoms with Gasteiger partial charge in [0.2, 0.25) is 0 Å². The van der Waals surface area contributed by atoms with E-state index in [0.717, 1.165) is 5.56 Å². The van der Waals surface area contributed by atoms with E-state index in [0.29, 0.717) is 21.9 Å². The van der Waals surface area contributed by atoms with E-state index < -0.39 is 0 Å². The van der Waals surface area contributed by atoms with E-state index in [4.69, 9.17) is 16.3 Å². The van der Waals surface area contributed by atoms with E-state index in [1.165, 1.54) is 7.11 Å². The second-order valence-electron chi connectivity index (χ2n) is 4.23. The number of methoxy groups -OCH3 is 1. The predicted molar refractivity (Wildman–Crippen MR) is 77.0 cm³/mol. The minimum atomic E-state index is -0.388. The van der Waals surface area contributed by atoms with Crippen molar-refractivity contribution in [1.82, 2.24) is 9.38 Å². The summed E-state index contributed by atoms with van der Waals surface area (Å²) in [6.07, 6.45) is 3.48. The van der Waals surface area contributed by atoms with E-state index in [-0.39, 0.29) is 5.97 Å². The summed E-state index contributed by atoms with van der Waals surface area (Å²) in [5.41, 5.74) is 1.98. The van der Waals surface area contributed by atoms with Crippen LogP contribution in [0.3, 0.4) is 0 Å². The molecule has 0 N–H and O–H groups in total. The van der Waals surface area contributed by atoms with Crippen molar-refractivity contribution in [3.63, 3.8) is 0 Å². The van der Waals surface area contributed by atoms with Crippen molar-refractivity contribution in [2.75, 3.05) is 7.11 Å². The number of fused-ring (bicyclic) bond motifs is 1. The lowest BCUT2D eigenvalue weighted by molar-refractivity contribution is 0.0602. The van der Waals surface area contributed by atoms with E-state index in [1.807, 2.05) is 34.9 Å². The van der Waals surface area contributed by atoms with Crippen LogP contribution in [0.25, 0.3) is 16.9 Å². The fourth-order valence-corrected chi connectivity index (χ4v) is 2.37. The summed E-state index contributed by atoms with van der Waals surface area (Å²) in [6, 6.07) is 10.9. The largest absolute Gasteiger partial charge is 0.465 e. The number of hydrogen-bond donors (Lipinski definition) is 0. The first-order valence-electron chi connectivity index (χ1n) is 6.01. The maximum Gasteiger partial charge on any atom is 0.340 e. The predicted octanol–water partition coefficient (Wildman–Crippen LogP) is 3.44. The third kappa shape index (κ3) is 1.94. The number of pyridine rings is 1. The lowest BCUT2D eigenvalue weighted by Crippen LogP contribution is -2.03. The number of ether oxygens (including phenoxy) is 1. The number of imidazole rings is 1. The van der Waals surface area contributed by atoms with Gasteiger partial charge < -0.3 is 4.74 Å². The maximum absolute atomic E-state index is 11.8. The van der Waals surface area contributed by atoms with Gasteiger partial charge in [-0.25, -0.2) is 9.78 Å². The Hall–Kier alpha value is -2.33. The Bertz CT molecular complexity index is 795. The molecule has 5 heteroatoms. The number of rotatable bonds is 2. The summed E-state index contributed by atoms with van der Waals surface area (Å²) in [7, 11) is 1.36. The molecule has 0 aliphatic heterocycles. The zero-order valence-corrected chi connectivity index (χ0v) is 11.5. The van der Waals surface area contributed by atoms with E-state index in [9.17, 15) is 4.79 Å². The topological polar surface area (TPSA) is 43.6 Å². The van der Waals surface area contributed by atoms with Crippen LogP contribution < -0.4 is 0 Å². The fraction of sp³-hybridized carbons (Fsp3) is 0.0667. The Kier molecular flexibility index (Phi) is 3.16. The molecule has 0 unspecified atom stereocenters. The molecular weight excluding hydrogens is 276 g/mol. The minimum absolute atomic E-state index is 0.388. The van der Waals surface area contributed by atoms with Crippen molar-refractivity contribution in [2.24, 2.45) is 0 Å². The van der Waals surface area contributed by atoms with Crippen molar-refractivity contribution >= 4 is 23.1 Å². The first-order chi connectivity index (χ1) is 9.72. The van der Waals surface area contributed by atoms with Gasteiger partial charge >= 0.3 is 5.97 Å². The fourth-order valence-electron chi connectivity index (χ4n) is 2.15. The van der Waals surface area contributed by atoms with Gasteiger partial charge in [-0.15, -0.1) is 0 Å². The number of hydrogen-bond acceptors (Lipinski definition) is 3. The summed E-state index contributed by atoms with van der Waals surface area (Å²) >= 11 is 6.20. The molecule has 0 aliphatic carbocycles. The highest BCUT2D eigenvalue weighted by molar-refractivity contribution is 6.33. The van der Waals surface area contributed by atoms with Crippen LogP contribution in [0.5, 0.6) is 0 Å². The number of esters is 1. The van der Waals surface area contributed by atoms with Crippen LogP contribution in [0, 0.1) is 0 Å². The average molecular weight is 287 g/mol. The van der Waals surface area contributed by atoms with Crippen molar-refractivity contribution < 1.29 is 9.53 Å². The lowest BCUT2D eigenvalue weighted by Gasteiger charge is -2.05. The first-order valence-corrected chi connectivity index (χ1v) is 6.39. The van der Waals surface area contributed by atoms with Crippen molar-refractivity contribution in [1.29, 1.82) is 0 Å². The second-order valence-corrected chi connectivity index (χ2v) is 4.64. The number of carbonyl (C=O) groups excluding carboxylic acids is 1. The van der Waals surface area contributed by atoms with Crippen molar-refractivity contribution in [3.05, 3.63) is 59.4 Å². The molecule has 0 fully saturated rings. The van der Waals surface area contributed by atoms with Crippen LogP contribution in [0.4, 0.5) is 0 Å². The molecule has 1 aromatic carbocycles. The van der Waals surface area contributed by atoms with Crippen LogP contribution in [0.2, 0.25) is 5.02 Å². The van der Waals surface area contributed by atoms with Crippen LogP contribution >= 0.6 is 11.6 Å². The molecule has 20 heavy (non-hydrogen) atoms. The van der Waals surface area contributed by atoms with E-state index >= 15 is 0 Å². The zero-order chi connectivity index (χ0) is 14.1. The summed E-state index contributed by atoms with van der Waals surface area (Å²) in [5, 5.41) is 0.614. The number of halogens is 1. The molecule has 0 bridgehead atoms. The molecule has 2 heterocycles. The van der Waals surface area contributed by atoms with Gasteiger partial charge in [-0.3, -0.25) is 4.40 Å². The highest BCUT2D eigenvalue weighted by Gasteiger charge is 2.15. The monoisotopic (exact) mass is 286 g/mol.